The first-order valence-electron chi connectivity index (χ1n) is 8.34. The van der Waals surface area contributed by atoms with Gasteiger partial charge in [0.1, 0.15) is 5.76 Å². The zero-order valence-corrected chi connectivity index (χ0v) is 14.1. The minimum absolute atomic E-state index is 0.0183. The van der Waals surface area contributed by atoms with E-state index in [0.29, 0.717) is 6.54 Å². The summed E-state index contributed by atoms with van der Waals surface area (Å²) in [5.41, 5.74) is -0.446. The molecule has 2 aliphatic heterocycles. The molecule has 24 heavy (non-hydrogen) atoms. The van der Waals surface area contributed by atoms with Gasteiger partial charge in [-0.25, -0.2) is 0 Å². The van der Waals surface area contributed by atoms with E-state index in [1.165, 1.54) is 7.11 Å². The molecule has 2 fully saturated rings. The third-order valence-electron chi connectivity index (χ3n) is 5.34. The minimum atomic E-state index is -0.446. The molecule has 2 aliphatic rings. The Kier molecular flexibility index (Phi) is 4.76. The third kappa shape index (κ3) is 2.86. The van der Waals surface area contributed by atoms with Gasteiger partial charge in [-0.2, -0.15) is 0 Å². The van der Waals surface area contributed by atoms with Crippen LogP contribution in [0.25, 0.3) is 0 Å². The Morgan fingerprint density at radius 3 is 2.83 bits per heavy atom. The minimum Gasteiger partial charge on any atom is -0.469 e. The van der Waals surface area contributed by atoms with Gasteiger partial charge in [-0.3, -0.25) is 14.5 Å². The van der Waals surface area contributed by atoms with Gasteiger partial charge in [-0.05, 0) is 25.0 Å². The normalized spacial score (nSPS) is 23.6. The largest absolute Gasteiger partial charge is 0.469 e. The number of rotatable bonds is 5. The quantitative estimate of drug-likeness (QED) is 0.608. The Balaban J connectivity index is 1.76. The Morgan fingerprint density at radius 2 is 2.25 bits per heavy atom. The maximum Gasteiger partial charge on any atom is 0.311 e. The highest BCUT2D eigenvalue weighted by molar-refractivity contribution is 5.89. The van der Waals surface area contributed by atoms with Crippen molar-refractivity contribution in [2.45, 2.75) is 31.3 Å². The molecule has 0 radical (unpaired) electrons. The Labute approximate surface area is 142 Å². The number of hydrogen-bond acceptors (Lipinski definition) is 5. The van der Waals surface area contributed by atoms with Crippen LogP contribution < -0.4 is 0 Å². The fourth-order valence-corrected chi connectivity index (χ4v) is 4.11. The highest BCUT2D eigenvalue weighted by atomic mass is 16.5. The number of amides is 1. The van der Waals surface area contributed by atoms with E-state index in [9.17, 15) is 9.59 Å². The fourth-order valence-electron chi connectivity index (χ4n) is 4.11. The zero-order valence-electron chi connectivity index (χ0n) is 14.1. The van der Waals surface area contributed by atoms with Crippen LogP contribution in [0, 0.1) is 5.92 Å². The molecular weight excluding hydrogens is 308 g/mol. The number of carbonyl (C=O) groups is 2. The average molecular weight is 332 g/mol. The van der Waals surface area contributed by atoms with Crippen molar-refractivity contribution in [3.05, 3.63) is 36.8 Å². The van der Waals surface area contributed by atoms with Crippen molar-refractivity contribution in [3.63, 3.8) is 0 Å². The molecule has 0 aromatic carbocycles. The number of hydrogen-bond donors (Lipinski definition) is 0. The molecule has 1 atom stereocenters. The van der Waals surface area contributed by atoms with Crippen molar-refractivity contribution in [2.75, 3.05) is 26.7 Å². The lowest BCUT2D eigenvalue weighted by molar-refractivity contribution is -0.150. The van der Waals surface area contributed by atoms with Gasteiger partial charge in [0.2, 0.25) is 5.91 Å². The van der Waals surface area contributed by atoms with E-state index < -0.39 is 5.54 Å². The van der Waals surface area contributed by atoms with Crippen LogP contribution in [0.3, 0.4) is 0 Å². The number of ether oxygens (including phenoxy) is 1. The van der Waals surface area contributed by atoms with Crippen LogP contribution in [0.4, 0.5) is 0 Å². The van der Waals surface area contributed by atoms with Gasteiger partial charge in [-0.1, -0.05) is 6.08 Å². The molecule has 130 valence electrons. The van der Waals surface area contributed by atoms with E-state index in [0.717, 1.165) is 38.2 Å². The third-order valence-corrected chi connectivity index (χ3v) is 5.34. The molecule has 1 amide bonds. The van der Waals surface area contributed by atoms with Gasteiger partial charge >= 0.3 is 5.97 Å². The SMILES string of the molecule is C=CCN1C(=O)CC(C(=O)OC)C12CCN(Cc1ccco1)CC2. The van der Waals surface area contributed by atoms with Crippen molar-refractivity contribution < 1.29 is 18.7 Å². The summed E-state index contributed by atoms with van der Waals surface area (Å²) in [6.45, 7) is 6.62. The smallest absolute Gasteiger partial charge is 0.311 e. The predicted molar refractivity (Wildman–Crippen MR) is 88.0 cm³/mol. The van der Waals surface area contributed by atoms with Crippen LogP contribution in [0.1, 0.15) is 25.0 Å². The number of likely N-dealkylation sites (tertiary alicyclic amines) is 2. The van der Waals surface area contributed by atoms with Crippen LogP contribution >= 0.6 is 0 Å². The second kappa shape index (κ2) is 6.81. The molecule has 2 saturated heterocycles. The van der Waals surface area contributed by atoms with Crippen molar-refractivity contribution in [3.8, 4) is 0 Å². The Bertz CT molecular complexity index is 603. The number of furan rings is 1. The Hall–Kier alpha value is -2.08. The average Bonchev–Trinajstić information content (AvgIpc) is 3.19. The molecule has 1 spiro atoms. The number of piperidine rings is 1. The molecule has 0 N–H and O–H groups in total. The lowest BCUT2D eigenvalue weighted by Gasteiger charge is -2.46. The van der Waals surface area contributed by atoms with Crippen LogP contribution in [0.2, 0.25) is 0 Å². The van der Waals surface area contributed by atoms with Crippen LogP contribution in [0.5, 0.6) is 0 Å². The van der Waals surface area contributed by atoms with Gasteiger partial charge in [0.05, 0.1) is 31.4 Å². The summed E-state index contributed by atoms with van der Waals surface area (Å²) in [6, 6.07) is 3.85. The van der Waals surface area contributed by atoms with E-state index in [1.54, 1.807) is 12.3 Å². The van der Waals surface area contributed by atoms with Gasteiger partial charge in [-0.15, -0.1) is 6.58 Å². The molecule has 0 saturated carbocycles. The van der Waals surface area contributed by atoms with Crippen LogP contribution in [-0.2, 0) is 20.9 Å². The maximum atomic E-state index is 12.4. The predicted octanol–water partition coefficient (Wildman–Crippen LogP) is 1.82. The van der Waals surface area contributed by atoms with Crippen molar-refractivity contribution in [1.82, 2.24) is 9.80 Å². The topological polar surface area (TPSA) is 63.0 Å². The van der Waals surface area contributed by atoms with Crippen LogP contribution in [0.15, 0.2) is 35.5 Å². The lowest BCUT2D eigenvalue weighted by atomic mass is 9.76. The van der Waals surface area contributed by atoms with Crippen molar-refractivity contribution >= 4 is 11.9 Å². The summed E-state index contributed by atoms with van der Waals surface area (Å²) in [7, 11) is 1.39. The summed E-state index contributed by atoms with van der Waals surface area (Å²) in [5, 5.41) is 0. The molecular formula is C18H24N2O4. The first-order chi connectivity index (χ1) is 11.6. The molecule has 3 heterocycles. The summed E-state index contributed by atoms with van der Waals surface area (Å²) in [4.78, 5) is 28.9. The molecule has 6 heteroatoms. The standard InChI is InChI=1S/C18H24N2O4/c1-3-8-20-16(21)12-15(17(22)23-2)18(20)6-9-19(10-7-18)13-14-5-4-11-24-14/h3-5,11,15H,1,6-10,12-13H2,2H3. The molecule has 3 rings (SSSR count). The molecule has 1 aromatic rings. The van der Waals surface area contributed by atoms with E-state index in [2.05, 4.69) is 11.5 Å². The number of nitrogens with zero attached hydrogens (tertiary/aromatic N) is 2. The molecule has 1 unspecified atom stereocenters. The summed E-state index contributed by atoms with van der Waals surface area (Å²) >= 11 is 0. The van der Waals surface area contributed by atoms with Gasteiger partial charge < -0.3 is 14.1 Å². The maximum absolute atomic E-state index is 12.4. The van der Waals surface area contributed by atoms with E-state index >= 15 is 0 Å². The molecule has 0 bridgehead atoms. The van der Waals surface area contributed by atoms with E-state index in [4.69, 9.17) is 9.15 Å². The van der Waals surface area contributed by atoms with Crippen molar-refractivity contribution in [2.24, 2.45) is 5.92 Å². The molecule has 1 aromatic heterocycles. The highest BCUT2D eigenvalue weighted by Gasteiger charge is 2.56. The molecule has 6 nitrogen and oxygen atoms in total. The van der Waals surface area contributed by atoms with E-state index in [1.807, 2.05) is 17.0 Å². The first kappa shape index (κ1) is 16.8. The second-order valence-corrected chi connectivity index (χ2v) is 6.53. The van der Waals surface area contributed by atoms with Crippen molar-refractivity contribution in [1.29, 1.82) is 0 Å². The summed E-state index contributed by atoms with van der Waals surface area (Å²) in [5.74, 6) is 0.279. The number of esters is 1. The molecule has 0 aliphatic carbocycles. The number of methoxy groups -OCH3 is 1. The zero-order chi connectivity index (χ0) is 17.2. The van der Waals surface area contributed by atoms with E-state index in [-0.39, 0.29) is 24.2 Å². The van der Waals surface area contributed by atoms with Gasteiger partial charge in [0.25, 0.3) is 0 Å². The first-order valence-corrected chi connectivity index (χ1v) is 8.34. The monoisotopic (exact) mass is 332 g/mol. The van der Waals surface area contributed by atoms with Crippen LogP contribution in [-0.4, -0.2) is 54.0 Å². The lowest BCUT2D eigenvalue weighted by Crippen LogP contribution is -2.57. The van der Waals surface area contributed by atoms with Gasteiger partial charge in [0.15, 0.2) is 0 Å². The second-order valence-electron chi connectivity index (χ2n) is 6.53. The summed E-state index contributed by atoms with van der Waals surface area (Å²) in [6.07, 6.45) is 5.16. The number of carbonyl (C=O) groups excluding carboxylic acids is 2. The highest BCUT2D eigenvalue weighted by Crippen LogP contribution is 2.44. The fraction of sp³-hybridized carbons (Fsp3) is 0.556. The van der Waals surface area contributed by atoms with Gasteiger partial charge in [0, 0.05) is 26.1 Å². The Morgan fingerprint density at radius 1 is 1.50 bits per heavy atom. The summed E-state index contributed by atoms with van der Waals surface area (Å²) < 4.78 is 10.4.